The van der Waals surface area contributed by atoms with E-state index in [-0.39, 0.29) is 23.0 Å². The van der Waals surface area contributed by atoms with Crippen LogP contribution < -0.4 is 5.43 Å². The van der Waals surface area contributed by atoms with Crippen LogP contribution in [0.5, 0.6) is 17.2 Å². The molecule has 6 heteroatoms. The maximum absolute atomic E-state index is 11.9. The zero-order valence-electron chi connectivity index (χ0n) is 13.6. The molecule has 1 heterocycles. The van der Waals surface area contributed by atoms with Gasteiger partial charge in [-0.25, -0.2) is 0 Å². The summed E-state index contributed by atoms with van der Waals surface area (Å²) < 4.78 is 6.76. The summed E-state index contributed by atoms with van der Waals surface area (Å²) in [4.78, 5) is 11.9. The molecule has 0 atom stereocenters. The summed E-state index contributed by atoms with van der Waals surface area (Å²) in [6.07, 6.45) is 0. The van der Waals surface area contributed by atoms with E-state index in [1.54, 1.807) is 0 Å². The average Bonchev–Trinajstić information content (AvgIpc) is 2.59. The summed E-state index contributed by atoms with van der Waals surface area (Å²) >= 11 is 2.24. The highest BCUT2D eigenvalue weighted by atomic mass is 127. The average molecular weight is 460 g/mol. The number of hydrogen-bond donors (Lipinski definition) is 3. The van der Waals surface area contributed by atoms with Crippen molar-refractivity contribution in [2.24, 2.45) is 0 Å². The van der Waals surface area contributed by atoms with Crippen molar-refractivity contribution in [3.63, 3.8) is 0 Å². The third-order valence-electron chi connectivity index (χ3n) is 4.36. The Labute approximate surface area is 161 Å². The lowest BCUT2D eigenvalue weighted by molar-refractivity contribution is 0.404. The fourth-order valence-electron chi connectivity index (χ4n) is 3.06. The van der Waals surface area contributed by atoms with Crippen molar-refractivity contribution in [2.75, 3.05) is 0 Å². The zero-order chi connectivity index (χ0) is 18.6. The van der Waals surface area contributed by atoms with Gasteiger partial charge in [0.15, 0.2) is 17.2 Å². The molecule has 4 rings (SSSR count). The lowest BCUT2D eigenvalue weighted by Gasteiger charge is -2.17. The molecule has 130 valence electrons. The van der Waals surface area contributed by atoms with Crippen LogP contribution in [0.2, 0.25) is 0 Å². The number of rotatable bonds is 1. The summed E-state index contributed by atoms with van der Waals surface area (Å²) in [6.45, 7) is 1.99. The molecular formula is C20H13IO5. The number of aromatic hydroxyl groups is 3. The number of hydrogen-bond acceptors (Lipinski definition) is 5. The molecule has 26 heavy (non-hydrogen) atoms. The Hall–Kier alpha value is -2.74. The minimum atomic E-state index is -0.548. The molecule has 0 saturated carbocycles. The van der Waals surface area contributed by atoms with E-state index >= 15 is 0 Å². The van der Waals surface area contributed by atoms with Crippen molar-refractivity contribution in [2.45, 2.75) is 6.92 Å². The maximum Gasteiger partial charge on any atom is 0.223 e. The van der Waals surface area contributed by atoms with Crippen molar-refractivity contribution in [3.05, 3.63) is 61.8 Å². The van der Waals surface area contributed by atoms with Gasteiger partial charge in [-0.2, -0.15) is 0 Å². The van der Waals surface area contributed by atoms with E-state index < -0.39 is 5.43 Å². The van der Waals surface area contributed by atoms with Crippen molar-refractivity contribution >= 4 is 33.6 Å². The Bertz CT molecular complexity index is 1210. The normalized spacial score (nSPS) is 11.3. The number of phenols is 3. The Kier molecular flexibility index (Phi) is 3.80. The van der Waals surface area contributed by atoms with Crippen LogP contribution in [0.1, 0.15) is 5.56 Å². The topological polar surface area (TPSA) is 90.9 Å². The van der Waals surface area contributed by atoms with Crippen LogP contribution in [0.3, 0.4) is 0 Å². The molecular weight excluding hydrogens is 447 g/mol. The molecule has 0 bridgehead atoms. The Morgan fingerprint density at radius 3 is 2.42 bits per heavy atom. The van der Waals surface area contributed by atoms with Gasteiger partial charge in [0, 0.05) is 32.2 Å². The van der Waals surface area contributed by atoms with Crippen LogP contribution in [0.25, 0.3) is 33.4 Å². The molecule has 0 saturated heterocycles. The van der Waals surface area contributed by atoms with Crippen molar-refractivity contribution in [1.82, 2.24) is 0 Å². The first kappa shape index (κ1) is 16.7. The SMILES string of the molecule is Cc1cccc(-c2c3cc(O)c(=O)cc-3oc3cc(O)c(O)cc23)c1I. The third-order valence-corrected chi connectivity index (χ3v) is 5.79. The van der Waals surface area contributed by atoms with E-state index in [0.29, 0.717) is 22.1 Å². The minimum Gasteiger partial charge on any atom is -0.504 e. The van der Waals surface area contributed by atoms with Crippen LogP contribution in [0.4, 0.5) is 0 Å². The molecule has 0 amide bonds. The second-order valence-electron chi connectivity index (χ2n) is 6.07. The van der Waals surface area contributed by atoms with E-state index in [4.69, 9.17) is 4.42 Å². The first-order valence-electron chi connectivity index (χ1n) is 7.78. The van der Waals surface area contributed by atoms with Gasteiger partial charge in [0.25, 0.3) is 0 Å². The highest BCUT2D eigenvalue weighted by molar-refractivity contribution is 14.1. The fraction of sp³-hybridized carbons (Fsp3) is 0.0500. The van der Waals surface area contributed by atoms with Crippen LogP contribution in [0, 0.1) is 10.5 Å². The summed E-state index contributed by atoms with van der Waals surface area (Å²) in [7, 11) is 0. The Morgan fingerprint density at radius 1 is 0.923 bits per heavy atom. The second-order valence-corrected chi connectivity index (χ2v) is 7.15. The molecule has 0 spiro atoms. The molecule has 0 unspecified atom stereocenters. The highest BCUT2D eigenvalue weighted by Gasteiger charge is 2.22. The van der Waals surface area contributed by atoms with Crippen molar-refractivity contribution < 1.29 is 19.7 Å². The number of aryl methyl sites for hydroxylation is 1. The van der Waals surface area contributed by atoms with Gasteiger partial charge in [-0.3, -0.25) is 4.79 Å². The summed E-state index contributed by atoms with van der Waals surface area (Å²) in [5.41, 5.74) is 2.97. The predicted molar refractivity (Wildman–Crippen MR) is 107 cm³/mol. The summed E-state index contributed by atoms with van der Waals surface area (Å²) in [6, 6.07) is 11.2. The van der Waals surface area contributed by atoms with Gasteiger partial charge in [-0.05, 0) is 52.8 Å². The number of benzene rings is 3. The molecule has 5 nitrogen and oxygen atoms in total. The van der Waals surface area contributed by atoms with E-state index in [2.05, 4.69) is 22.6 Å². The molecule has 2 aliphatic rings. The minimum absolute atomic E-state index is 0.277. The van der Waals surface area contributed by atoms with Gasteiger partial charge in [-0.1, -0.05) is 18.2 Å². The van der Waals surface area contributed by atoms with Crippen LogP contribution in [-0.4, -0.2) is 15.3 Å². The first-order valence-corrected chi connectivity index (χ1v) is 8.85. The van der Waals surface area contributed by atoms with Gasteiger partial charge in [-0.15, -0.1) is 0 Å². The lowest BCUT2D eigenvalue weighted by Crippen LogP contribution is -2.02. The van der Waals surface area contributed by atoms with E-state index in [9.17, 15) is 20.1 Å². The largest absolute Gasteiger partial charge is 0.504 e. The molecule has 0 aromatic heterocycles. The summed E-state index contributed by atoms with van der Waals surface area (Å²) in [5.74, 6) is -0.677. The molecule has 3 N–H and O–H groups in total. The monoisotopic (exact) mass is 460 g/mol. The van der Waals surface area contributed by atoms with E-state index in [1.807, 2.05) is 25.1 Å². The number of fused-ring (bicyclic) bond motifs is 2. The molecule has 1 aliphatic carbocycles. The standard InChI is InChI=1S/C20H13IO5/c1-9-3-2-4-10(20(9)21)19-11-5-13(22)15(24)7-17(11)26-18-8-16(25)14(23)6-12(18)19/h2-8,22-24H,1H3. The van der Waals surface area contributed by atoms with Crippen molar-refractivity contribution in [3.8, 4) is 39.7 Å². The van der Waals surface area contributed by atoms with Crippen LogP contribution in [0.15, 0.2) is 51.7 Å². The predicted octanol–water partition coefficient (Wildman–Crippen LogP) is 4.59. The second kappa shape index (κ2) is 5.91. The number of halogens is 1. The van der Waals surface area contributed by atoms with Crippen LogP contribution in [-0.2, 0) is 0 Å². The maximum atomic E-state index is 11.9. The third kappa shape index (κ3) is 2.48. The molecule has 0 radical (unpaired) electrons. The molecule has 2 aromatic rings. The van der Waals surface area contributed by atoms with Crippen LogP contribution >= 0.6 is 22.6 Å². The Balaban J connectivity index is 2.27. The zero-order valence-corrected chi connectivity index (χ0v) is 15.7. The summed E-state index contributed by atoms with van der Waals surface area (Å²) in [5, 5.41) is 30.3. The van der Waals surface area contributed by atoms with E-state index in [0.717, 1.165) is 14.7 Å². The molecule has 0 fully saturated rings. The van der Waals surface area contributed by atoms with E-state index in [1.165, 1.54) is 24.3 Å². The van der Waals surface area contributed by atoms with Gasteiger partial charge in [0.2, 0.25) is 5.43 Å². The van der Waals surface area contributed by atoms with Gasteiger partial charge in [0.05, 0.1) is 0 Å². The van der Waals surface area contributed by atoms with Crippen molar-refractivity contribution in [1.29, 1.82) is 0 Å². The Morgan fingerprint density at radius 2 is 1.65 bits per heavy atom. The quantitative estimate of drug-likeness (QED) is 0.220. The molecule has 2 aromatic carbocycles. The lowest BCUT2D eigenvalue weighted by atomic mass is 9.92. The fourth-order valence-corrected chi connectivity index (χ4v) is 3.69. The highest BCUT2D eigenvalue weighted by Crippen LogP contribution is 2.45. The smallest absolute Gasteiger partial charge is 0.223 e. The first-order chi connectivity index (χ1) is 12.4. The van der Waals surface area contributed by atoms with Gasteiger partial charge in [0.1, 0.15) is 11.3 Å². The molecule has 1 aliphatic heterocycles. The number of phenolic OH excluding ortho intramolecular Hbond substituents is 3. The van der Waals surface area contributed by atoms with Gasteiger partial charge >= 0.3 is 0 Å². The van der Waals surface area contributed by atoms with Gasteiger partial charge < -0.3 is 19.7 Å².